The van der Waals surface area contributed by atoms with E-state index in [1.165, 1.54) is 13.0 Å². The number of aryl methyl sites for hydroxylation is 2. The maximum atomic E-state index is 11.1. The maximum absolute atomic E-state index is 11.1. The Morgan fingerprint density at radius 2 is 2.00 bits per heavy atom. The zero-order valence-electron chi connectivity index (χ0n) is 8.18. The van der Waals surface area contributed by atoms with Gasteiger partial charge in [-0.1, -0.05) is 0 Å². The molecule has 0 saturated heterocycles. The number of carbonyl (C=O) groups is 1. The van der Waals surface area contributed by atoms with Gasteiger partial charge >= 0.3 is 5.97 Å². The minimum Gasteiger partial charge on any atom is -0.478 e. The first-order chi connectivity index (χ1) is 6.73. The molecule has 1 aromatic rings. The Morgan fingerprint density at radius 3 is 2.40 bits per heavy atom. The number of nitrogens with zero attached hydrogens (tertiary/aromatic N) is 1. The van der Waals surface area contributed by atoms with Gasteiger partial charge in [-0.3, -0.25) is 0 Å². The number of rotatable bonds is 2. The highest BCUT2D eigenvalue weighted by Gasteiger charge is 2.23. The standard InChI is InChI=1S/C8H10N2O4S/c1-4-3-5(2)10-7(15(9,13)14)6(4)8(11)12/h3H,1-2H3,(H,11,12)(H2,9,13,14). The van der Waals surface area contributed by atoms with Crippen molar-refractivity contribution < 1.29 is 18.3 Å². The second-order valence-electron chi connectivity index (χ2n) is 3.11. The number of aromatic carboxylic acids is 1. The minimum atomic E-state index is -4.12. The number of carboxylic acids is 1. The lowest BCUT2D eigenvalue weighted by Crippen LogP contribution is -2.20. The minimum absolute atomic E-state index is 0.319. The van der Waals surface area contributed by atoms with Crippen molar-refractivity contribution in [1.82, 2.24) is 4.98 Å². The predicted octanol–water partition coefficient (Wildman–Crippen LogP) is 0.0440. The van der Waals surface area contributed by atoms with Gasteiger partial charge in [-0.2, -0.15) is 0 Å². The van der Waals surface area contributed by atoms with Gasteiger partial charge in [0.2, 0.25) is 0 Å². The summed E-state index contributed by atoms with van der Waals surface area (Å²) in [6.45, 7) is 3.06. The molecule has 3 N–H and O–H groups in total. The lowest BCUT2D eigenvalue weighted by Gasteiger charge is -2.07. The van der Waals surface area contributed by atoms with Gasteiger partial charge in [0.25, 0.3) is 10.0 Å². The van der Waals surface area contributed by atoms with Crippen LogP contribution in [-0.2, 0) is 10.0 Å². The summed E-state index contributed by atoms with van der Waals surface area (Å²) >= 11 is 0. The normalized spacial score (nSPS) is 11.4. The maximum Gasteiger partial charge on any atom is 0.338 e. The first-order valence-electron chi connectivity index (χ1n) is 3.98. The van der Waals surface area contributed by atoms with Crippen molar-refractivity contribution in [2.45, 2.75) is 18.9 Å². The van der Waals surface area contributed by atoms with Crippen LogP contribution in [0.15, 0.2) is 11.1 Å². The molecule has 0 spiro atoms. The molecule has 0 aromatic carbocycles. The first kappa shape index (κ1) is 11.6. The molecule has 0 bridgehead atoms. The van der Waals surface area contributed by atoms with Crippen molar-refractivity contribution in [3.63, 3.8) is 0 Å². The Labute approximate surface area is 86.8 Å². The van der Waals surface area contributed by atoms with Gasteiger partial charge in [0.15, 0.2) is 5.03 Å². The van der Waals surface area contributed by atoms with Crippen LogP contribution in [0.25, 0.3) is 0 Å². The molecule has 82 valence electrons. The van der Waals surface area contributed by atoms with Crippen molar-refractivity contribution in [1.29, 1.82) is 0 Å². The Balaban J connectivity index is 3.70. The number of aromatic nitrogens is 1. The molecule has 0 radical (unpaired) electrons. The van der Waals surface area contributed by atoms with Gasteiger partial charge < -0.3 is 5.11 Å². The summed E-state index contributed by atoms with van der Waals surface area (Å²) in [7, 11) is -4.12. The van der Waals surface area contributed by atoms with E-state index in [1.54, 1.807) is 6.92 Å². The third kappa shape index (κ3) is 2.31. The van der Waals surface area contributed by atoms with Gasteiger partial charge in [0.05, 0.1) is 0 Å². The molecule has 1 aromatic heterocycles. The van der Waals surface area contributed by atoms with Crippen LogP contribution in [0.4, 0.5) is 0 Å². The van der Waals surface area contributed by atoms with Crippen LogP contribution in [0.2, 0.25) is 0 Å². The van der Waals surface area contributed by atoms with Crippen LogP contribution in [-0.4, -0.2) is 24.5 Å². The quantitative estimate of drug-likeness (QED) is 0.745. The third-order valence-electron chi connectivity index (χ3n) is 1.79. The van der Waals surface area contributed by atoms with E-state index in [4.69, 9.17) is 10.2 Å². The van der Waals surface area contributed by atoms with E-state index in [-0.39, 0.29) is 5.56 Å². The molecule has 1 rings (SSSR count). The highest BCUT2D eigenvalue weighted by molar-refractivity contribution is 7.89. The SMILES string of the molecule is Cc1cc(C)c(C(=O)O)c(S(N)(=O)=O)n1. The largest absolute Gasteiger partial charge is 0.478 e. The highest BCUT2D eigenvalue weighted by Crippen LogP contribution is 2.17. The fraction of sp³-hybridized carbons (Fsp3) is 0.250. The van der Waals surface area contributed by atoms with E-state index in [0.717, 1.165) is 0 Å². The van der Waals surface area contributed by atoms with E-state index in [1.807, 2.05) is 0 Å². The fourth-order valence-corrected chi connectivity index (χ4v) is 2.07. The number of nitrogens with two attached hydrogens (primary N) is 1. The van der Waals surface area contributed by atoms with E-state index >= 15 is 0 Å². The molecular formula is C8H10N2O4S. The average molecular weight is 230 g/mol. The lowest BCUT2D eigenvalue weighted by atomic mass is 10.1. The molecule has 0 unspecified atom stereocenters. The second-order valence-corrected chi connectivity index (χ2v) is 4.59. The van der Waals surface area contributed by atoms with Gasteiger partial charge in [0.1, 0.15) is 5.56 Å². The van der Waals surface area contributed by atoms with Crippen molar-refractivity contribution in [3.8, 4) is 0 Å². The van der Waals surface area contributed by atoms with Gasteiger partial charge in [0, 0.05) is 5.69 Å². The summed E-state index contributed by atoms with van der Waals surface area (Å²) in [6, 6.07) is 1.48. The van der Waals surface area contributed by atoms with E-state index in [9.17, 15) is 13.2 Å². The lowest BCUT2D eigenvalue weighted by molar-refractivity contribution is 0.0691. The number of primary sulfonamides is 1. The number of carboxylic acid groups (broad SMARTS) is 1. The predicted molar refractivity (Wildman–Crippen MR) is 52.0 cm³/mol. The summed E-state index contributed by atoms with van der Waals surface area (Å²) in [6.07, 6.45) is 0. The zero-order valence-corrected chi connectivity index (χ0v) is 9.00. The fourth-order valence-electron chi connectivity index (χ4n) is 1.27. The van der Waals surface area contributed by atoms with E-state index in [2.05, 4.69) is 4.98 Å². The molecule has 0 atom stereocenters. The number of sulfonamides is 1. The number of hydrogen-bond donors (Lipinski definition) is 2. The van der Waals surface area contributed by atoms with Crippen molar-refractivity contribution >= 4 is 16.0 Å². The molecule has 0 aliphatic rings. The molecule has 6 nitrogen and oxygen atoms in total. The zero-order chi connectivity index (χ0) is 11.8. The Bertz CT molecular complexity index is 522. The molecule has 0 saturated carbocycles. The van der Waals surface area contributed by atoms with Gasteiger partial charge in [-0.25, -0.2) is 23.3 Å². The van der Waals surface area contributed by atoms with Crippen LogP contribution in [0.1, 0.15) is 21.6 Å². The Hall–Kier alpha value is -1.47. The van der Waals surface area contributed by atoms with Crippen LogP contribution < -0.4 is 5.14 Å². The van der Waals surface area contributed by atoms with Crippen LogP contribution in [0, 0.1) is 13.8 Å². The molecule has 0 fully saturated rings. The molecule has 0 amide bonds. The molecule has 15 heavy (non-hydrogen) atoms. The molecular weight excluding hydrogens is 220 g/mol. The van der Waals surface area contributed by atoms with E-state index in [0.29, 0.717) is 11.3 Å². The number of hydrogen-bond acceptors (Lipinski definition) is 4. The molecule has 7 heteroatoms. The Morgan fingerprint density at radius 1 is 1.47 bits per heavy atom. The first-order valence-corrected chi connectivity index (χ1v) is 5.52. The van der Waals surface area contributed by atoms with Gasteiger partial charge in [-0.05, 0) is 25.5 Å². The van der Waals surface area contributed by atoms with Crippen molar-refractivity contribution in [2.24, 2.45) is 5.14 Å². The van der Waals surface area contributed by atoms with Crippen molar-refractivity contribution in [3.05, 3.63) is 22.9 Å². The van der Waals surface area contributed by atoms with Crippen LogP contribution in [0.5, 0.6) is 0 Å². The summed E-state index contributed by atoms with van der Waals surface area (Å²) < 4.78 is 22.2. The molecule has 0 aliphatic carbocycles. The smallest absolute Gasteiger partial charge is 0.338 e. The average Bonchev–Trinajstić information content (AvgIpc) is 1.99. The second kappa shape index (κ2) is 3.59. The van der Waals surface area contributed by atoms with E-state index < -0.39 is 21.0 Å². The summed E-state index contributed by atoms with van der Waals surface area (Å²) in [5.41, 5.74) is 0.351. The van der Waals surface area contributed by atoms with Crippen molar-refractivity contribution in [2.75, 3.05) is 0 Å². The van der Waals surface area contributed by atoms with Gasteiger partial charge in [-0.15, -0.1) is 0 Å². The molecule has 1 heterocycles. The third-order valence-corrected chi connectivity index (χ3v) is 2.63. The summed E-state index contributed by atoms with van der Waals surface area (Å²) in [5, 5.41) is 13.1. The Kier molecular flexibility index (Phi) is 2.78. The van der Waals surface area contributed by atoms with Crippen LogP contribution in [0.3, 0.4) is 0 Å². The topological polar surface area (TPSA) is 110 Å². The number of pyridine rings is 1. The highest BCUT2D eigenvalue weighted by atomic mass is 32.2. The summed E-state index contributed by atoms with van der Waals surface area (Å²) in [4.78, 5) is 14.5. The van der Waals surface area contributed by atoms with Crippen LogP contribution >= 0.6 is 0 Å². The monoisotopic (exact) mass is 230 g/mol. The summed E-state index contributed by atoms with van der Waals surface area (Å²) in [5.74, 6) is -1.36. The molecule has 0 aliphatic heterocycles.